The van der Waals surface area contributed by atoms with Gasteiger partial charge in [-0.3, -0.25) is 4.79 Å². The number of benzene rings is 1. The van der Waals surface area contributed by atoms with Crippen LogP contribution >= 0.6 is 0 Å². The van der Waals surface area contributed by atoms with Crippen molar-refractivity contribution in [1.29, 1.82) is 0 Å². The van der Waals surface area contributed by atoms with Gasteiger partial charge in [-0.2, -0.15) is 0 Å². The van der Waals surface area contributed by atoms with Crippen LogP contribution in [0.1, 0.15) is 51.1 Å². The molecule has 1 amide bonds. The number of carbonyl (C=O) groups is 1. The number of carbonyl (C=O) groups excluding carboxylic acids is 1. The molecule has 160 valence electrons. The van der Waals surface area contributed by atoms with E-state index in [1.807, 2.05) is 31.2 Å². The van der Waals surface area contributed by atoms with E-state index in [-0.39, 0.29) is 18.1 Å². The first-order valence-electron chi connectivity index (χ1n) is 10.8. The number of nitrogens with zero attached hydrogens (tertiary/aromatic N) is 3. The van der Waals surface area contributed by atoms with E-state index in [0.717, 1.165) is 49.1 Å². The van der Waals surface area contributed by atoms with Gasteiger partial charge >= 0.3 is 0 Å². The van der Waals surface area contributed by atoms with E-state index in [1.165, 1.54) is 26.2 Å². The topological polar surface area (TPSA) is 76.6 Å². The van der Waals surface area contributed by atoms with Gasteiger partial charge in [0, 0.05) is 19.9 Å². The molecule has 2 aliphatic rings. The fourth-order valence-corrected chi connectivity index (χ4v) is 3.84. The van der Waals surface area contributed by atoms with Crippen LogP contribution in [0.15, 0.2) is 36.7 Å². The number of ether oxygens (including phenoxy) is 2. The summed E-state index contributed by atoms with van der Waals surface area (Å²) in [6.07, 6.45) is 8.42. The van der Waals surface area contributed by atoms with E-state index in [0.29, 0.717) is 5.92 Å². The zero-order valence-corrected chi connectivity index (χ0v) is 17.7. The molecule has 0 spiro atoms. The van der Waals surface area contributed by atoms with Crippen LogP contribution < -0.4 is 19.7 Å². The summed E-state index contributed by atoms with van der Waals surface area (Å²) in [5, 5.41) is 2.89. The third kappa shape index (κ3) is 5.20. The number of aromatic nitrogens is 2. The van der Waals surface area contributed by atoms with Crippen LogP contribution in [-0.4, -0.2) is 41.7 Å². The van der Waals surface area contributed by atoms with Gasteiger partial charge in [0.05, 0.1) is 31.6 Å². The molecule has 1 aliphatic heterocycles. The van der Waals surface area contributed by atoms with Crippen LogP contribution in [0.2, 0.25) is 0 Å². The Kier molecular flexibility index (Phi) is 6.35. The van der Waals surface area contributed by atoms with Gasteiger partial charge in [-0.25, -0.2) is 9.97 Å². The van der Waals surface area contributed by atoms with Gasteiger partial charge in [-0.05, 0) is 43.4 Å². The number of nitrogens with one attached hydrogen (secondary N) is 1. The van der Waals surface area contributed by atoms with Crippen LogP contribution in [0, 0.1) is 5.92 Å². The molecule has 1 aliphatic carbocycles. The standard InChI is InChI=1S/C23H30N4O3/c1-16(26-17(2)28)19-6-8-20(9-7-19)30-21-10-11-27(14-21)23-24-12-22(13-25-23)29-15-18-4-3-5-18/h6-9,12-13,16,18,21H,3-5,10-11,14-15H2,1-2H3,(H,26,28)/t16-,21?/m0/s1. The first-order valence-corrected chi connectivity index (χ1v) is 10.8. The van der Waals surface area contributed by atoms with E-state index < -0.39 is 0 Å². The van der Waals surface area contributed by atoms with E-state index >= 15 is 0 Å². The lowest BCUT2D eigenvalue weighted by Gasteiger charge is -2.25. The highest BCUT2D eigenvalue weighted by atomic mass is 16.5. The quantitative estimate of drug-likeness (QED) is 0.718. The molecule has 1 aromatic carbocycles. The number of anilines is 1. The van der Waals surface area contributed by atoms with Crippen molar-refractivity contribution in [3.63, 3.8) is 0 Å². The number of rotatable bonds is 8. The van der Waals surface area contributed by atoms with Gasteiger partial charge < -0.3 is 19.7 Å². The average molecular weight is 411 g/mol. The number of amides is 1. The molecule has 0 radical (unpaired) electrons. The molecule has 1 aromatic heterocycles. The molecule has 2 aromatic rings. The molecule has 2 fully saturated rings. The van der Waals surface area contributed by atoms with Crippen molar-refractivity contribution in [2.45, 2.75) is 51.7 Å². The first kappa shape index (κ1) is 20.4. The molecule has 4 rings (SSSR count). The van der Waals surface area contributed by atoms with Crippen molar-refractivity contribution in [3.8, 4) is 11.5 Å². The largest absolute Gasteiger partial charge is 0.490 e. The normalized spacial score (nSPS) is 19.8. The maximum absolute atomic E-state index is 11.2. The molecule has 2 atom stereocenters. The third-order valence-electron chi connectivity index (χ3n) is 5.86. The summed E-state index contributed by atoms with van der Waals surface area (Å²) >= 11 is 0. The minimum absolute atomic E-state index is 0.0173. The Morgan fingerprint density at radius 3 is 2.53 bits per heavy atom. The molecule has 0 bridgehead atoms. The Morgan fingerprint density at radius 2 is 1.90 bits per heavy atom. The molecule has 7 nitrogen and oxygen atoms in total. The van der Waals surface area contributed by atoms with Crippen LogP contribution in [0.3, 0.4) is 0 Å². The minimum Gasteiger partial charge on any atom is -0.490 e. The van der Waals surface area contributed by atoms with Crippen molar-refractivity contribution < 1.29 is 14.3 Å². The first-order chi connectivity index (χ1) is 14.6. The Labute approximate surface area is 177 Å². The van der Waals surface area contributed by atoms with Crippen molar-refractivity contribution in [3.05, 3.63) is 42.2 Å². The van der Waals surface area contributed by atoms with Gasteiger partial charge in [0.1, 0.15) is 11.9 Å². The van der Waals surface area contributed by atoms with Crippen LogP contribution in [0.25, 0.3) is 0 Å². The monoisotopic (exact) mass is 410 g/mol. The Morgan fingerprint density at radius 1 is 1.17 bits per heavy atom. The van der Waals surface area contributed by atoms with E-state index in [9.17, 15) is 4.79 Å². The number of hydrogen-bond donors (Lipinski definition) is 1. The van der Waals surface area contributed by atoms with Gasteiger partial charge in [0.25, 0.3) is 0 Å². The molecule has 2 heterocycles. The van der Waals surface area contributed by atoms with Gasteiger partial charge in [0.15, 0.2) is 5.75 Å². The van der Waals surface area contributed by atoms with Gasteiger partial charge in [0.2, 0.25) is 11.9 Å². The summed E-state index contributed by atoms with van der Waals surface area (Å²) in [4.78, 5) is 22.3. The smallest absolute Gasteiger partial charge is 0.225 e. The summed E-state index contributed by atoms with van der Waals surface area (Å²) in [6.45, 7) is 5.89. The molecule has 1 saturated carbocycles. The lowest BCUT2D eigenvalue weighted by Crippen LogP contribution is -2.26. The molecule has 1 unspecified atom stereocenters. The molecule has 7 heteroatoms. The zero-order chi connectivity index (χ0) is 20.9. The Bertz CT molecular complexity index is 837. The second kappa shape index (κ2) is 9.32. The summed E-state index contributed by atoms with van der Waals surface area (Å²) in [5.41, 5.74) is 1.05. The molecule has 1 N–H and O–H groups in total. The molecule has 1 saturated heterocycles. The third-order valence-corrected chi connectivity index (χ3v) is 5.86. The average Bonchev–Trinajstić information content (AvgIpc) is 3.16. The predicted molar refractivity (Wildman–Crippen MR) is 115 cm³/mol. The summed E-state index contributed by atoms with van der Waals surface area (Å²) in [6, 6.07) is 7.89. The maximum Gasteiger partial charge on any atom is 0.225 e. The van der Waals surface area contributed by atoms with Crippen LogP contribution in [0.4, 0.5) is 5.95 Å². The van der Waals surface area contributed by atoms with Crippen LogP contribution in [0.5, 0.6) is 11.5 Å². The molecular formula is C23H30N4O3. The van der Waals surface area contributed by atoms with Crippen LogP contribution in [-0.2, 0) is 4.79 Å². The van der Waals surface area contributed by atoms with E-state index in [1.54, 1.807) is 12.4 Å². The Balaban J connectivity index is 1.26. The SMILES string of the molecule is CC(=O)N[C@@H](C)c1ccc(OC2CCN(c3ncc(OCC4CCC4)cn3)C2)cc1. The highest BCUT2D eigenvalue weighted by Crippen LogP contribution is 2.27. The van der Waals surface area contributed by atoms with Gasteiger partial charge in [-0.15, -0.1) is 0 Å². The predicted octanol–water partition coefficient (Wildman–Crippen LogP) is 3.51. The van der Waals surface area contributed by atoms with Crippen molar-refractivity contribution in [2.75, 3.05) is 24.6 Å². The zero-order valence-electron chi connectivity index (χ0n) is 17.7. The summed E-state index contributed by atoms with van der Waals surface area (Å²) in [5.74, 6) is 2.96. The lowest BCUT2D eigenvalue weighted by molar-refractivity contribution is -0.119. The highest BCUT2D eigenvalue weighted by Gasteiger charge is 2.26. The number of hydrogen-bond acceptors (Lipinski definition) is 6. The highest BCUT2D eigenvalue weighted by molar-refractivity contribution is 5.73. The molecule has 30 heavy (non-hydrogen) atoms. The second-order valence-electron chi connectivity index (χ2n) is 8.29. The van der Waals surface area contributed by atoms with Gasteiger partial charge in [-0.1, -0.05) is 18.6 Å². The second-order valence-corrected chi connectivity index (χ2v) is 8.29. The van der Waals surface area contributed by atoms with E-state index in [2.05, 4.69) is 20.2 Å². The minimum atomic E-state index is -0.0333. The fourth-order valence-electron chi connectivity index (χ4n) is 3.84. The maximum atomic E-state index is 11.2. The summed E-state index contributed by atoms with van der Waals surface area (Å²) in [7, 11) is 0. The van der Waals surface area contributed by atoms with E-state index in [4.69, 9.17) is 9.47 Å². The lowest BCUT2D eigenvalue weighted by atomic mass is 9.86. The van der Waals surface area contributed by atoms with Crippen molar-refractivity contribution >= 4 is 11.9 Å². The molecular weight excluding hydrogens is 380 g/mol. The van der Waals surface area contributed by atoms with Crippen molar-refractivity contribution in [2.24, 2.45) is 5.92 Å². The fraction of sp³-hybridized carbons (Fsp3) is 0.522. The summed E-state index contributed by atoms with van der Waals surface area (Å²) < 4.78 is 11.9. The Hall–Kier alpha value is -2.83. The van der Waals surface area contributed by atoms with Crippen molar-refractivity contribution in [1.82, 2.24) is 15.3 Å².